The van der Waals surface area contributed by atoms with Crippen LogP contribution in [0, 0.1) is 17.8 Å². The fourth-order valence-corrected chi connectivity index (χ4v) is 6.30. The molecule has 0 spiro atoms. The Morgan fingerprint density at radius 1 is 0.933 bits per heavy atom. The molecule has 1 heterocycles. The van der Waals surface area contributed by atoms with Gasteiger partial charge in [0.2, 0.25) is 0 Å². The summed E-state index contributed by atoms with van der Waals surface area (Å²) in [5.74, 6) is 4.07. The van der Waals surface area contributed by atoms with Gasteiger partial charge in [-0.2, -0.15) is 0 Å². The second kappa shape index (κ2) is 6.96. The highest BCUT2D eigenvalue weighted by Gasteiger charge is 2.53. The van der Waals surface area contributed by atoms with Gasteiger partial charge in [0.05, 0.1) is 16.8 Å². The summed E-state index contributed by atoms with van der Waals surface area (Å²) in [6, 6.07) is 7.65. The molecule has 5 fully saturated rings. The lowest BCUT2D eigenvalue weighted by atomic mass is 9.54. The Kier molecular flexibility index (Phi) is 4.72. The Morgan fingerprint density at radius 2 is 1.43 bits per heavy atom. The summed E-state index contributed by atoms with van der Waals surface area (Å²) in [7, 11) is -0.365. The van der Waals surface area contributed by atoms with E-state index < -0.39 is 0 Å². The fourth-order valence-electron chi connectivity index (χ4n) is 6.30. The lowest BCUT2D eigenvalue weighted by Crippen LogP contribution is -2.52. The average molecular weight is 408 g/mol. The first kappa shape index (κ1) is 20.3. The summed E-state index contributed by atoms with van der Waals surface area (Å²) in [5, 5.41) is 0. The van der Waals surface area contributed by atoms with Crippen LogP contribution in [-0.4, -0.2) is 29.9 Å². The predicted molar refractivity (Wildman–Crippen MR) is 118 cm³/mol. The van der Waals surface area contributed by atoms with Crippen LogP contribution < -0.4 is 0 Å². The van der Waals surface area contributed by atoms with E-state index in [4.69, 9.17) is 14.0 Å². The van der Waals surface area contributed by atoms with Crippen molar-refractivity contribution in [3.05, 3.63) is 41.4 Å². The van der Waals surface area contributed by atoms with Crippen LogP contribution in [0.1, 0.15) is 82.1 Å². The first-order valence-electron chi connectivity index (χ1n) is 11.5. The Morgan fingerprint density at radius 3 is 1.93 bits per heavy atom. The van der Waals surface area contributed by atoms with E-state index in [2.05, 4.69) is 0 Å². The molecular weight excluding hydrogens is 375 g/mol. The molecule has 1 saturated heterocycles. The number of rotatable bonds is 4. The number of ether oxygens (including phenoxy) is 1. The minimum Gasteiger partial charge on any atom is -0.455 e. The number of hydrogen-bond donors (Lipinski definition) is 0. The SMILES string of the molecule is CC1(C)OB(/C=C/c2ccc(C(=O)OC34CC5CC(CC(C5)C3)C4)cc2)OC1(C)C. The number of hydrogen-bond acceptors (Lipinski definition) is 4. The molecular formula is C25H33BO4. The molecule has 0 unspecified atom stereocenters. The van der Waals surface area contributed by atoms with Crippen LogP contribution in [-0.2, 0) is 14.0 Å². The van der Waals surface area contributed by atoms with E-state index in [-0.39, 0.29) is 29.9 Å². The van der Waals surface area contributed by atoms with Gasteiger partial charge >= 0.3 is 13.1 Å². The van der Waals surface area contributed by atoms with E-state index in [1.807, 2.05) is 64.0 Å². The zero-order chi connectivity index (χ0) is 21.1. The highest BCUT2D eigenvalue weighted by atomic mass is 16.7. The van der Waals surface area contributed by atoms with Crippen molar-refractivity contribution in [2.75, 3.05) is 0 Å². The predicted octanol–water partition coefficient (Wildman–Crippen LogP) is 5.46. The second-order valence-electron chi connectivity index (χ2n) is 11.1. The average Bonchev–Trinajstić information content (AvgIpc) is 2.85. The summed E-state index contributed by atoms with van der Waals surface area (Å²) < 4.78 is 18.2. The van der Waals surface area contributed by atoms with E-state index in [1.54, 1.807) is 0 Å². The summed E-state index contributed by atoms with van der Waals surface area (Å²) in [6.07, 6.45) is 9.23. The van der Waals surface area contributed by atoms with E-state index in [0.29, 0.717) is 5.56 Å². The lowest BCUT2D eigenvalue weighted by Gasteiger charge is -2.55. The molecule has 0 aromatic heterocycles. The first-order chi connectivity index (χ1) is 14.1. The number of esters is 1. The maximum Gasteiger partial charge on any atom is 0.487 e. The minimum absolute atomic E-state index is 0.168. The molecule has 4 aliphatic carbocycles. The van der Waals surface area contributed by atoms with Gasteiger partial charge in [0.1, 0.15) is 5.60 Å². The number of carbonyl (C=O) groups excluding carboxylic acids is 1. The van der Waals surface area contributed by atoms with E-state index in [1.165, 1.54) is 19.3 Å². The number of carbonyl (C=O) groups is 1. The minimum atomic E-state index is -0.365. The quantitative estimate of drug-likeness (QED) is 0.491. The van der Waals surface area contributed by atoms with Crippen LogP contribution in [0.4, 0.5) is 0 Å². The van der Waals surface area contributed by atoms with Crippen molar-refractivity contribution in [2.45, 2.75) is 83.0 Å². The normalized spacial score (nSPS) is 35.9. The van der Waals surface area contributed by atoms with Crippen molar-refractivity contribution in [3.63, 3.8) is 0 Å². The molecule has 30 heavy (non-hydrogen) atoms. The smallest absolute Gasteiger partial charge is 0.455 e. The maximum atomic E-state index is 12.9. The molecule has 0 N–H and O–H groups in total. The van der Waals surface area contributed by atoms with E-state index in [9.17, 15) is 4.79 Å². The van der Waals surface area contributed by atoms with Crippen LogP contribution >= 0.6 is 0 Å². The van der Waals surface area contributed by atoms with Crippen molar-refractivity contribution < 1.29 is 18.8 Å². The molecule has 0 radical (unpaired) electrons. The van der Waals surface area contributed by atoms with Gasteiger partial charge in [-0.3, -0.25) is 0 Å². The molecule has 0 amide bonds. The third-order valence-corrected chi connectivity index (χ3v) is 8.15. The van der Waals surface area contributed by atoms with Gasteiger partial charge in [0.25, 0.3) is 0 Å². The second-order valence-corrected chi connectivity index (χ2v) is 11.1. The van der Waals surface area contributed by atoms with Crippen LogP contribution in [0.5, 0.6) is 0 Å². The molecule has 5 heteroatoms. The van der Waals surface area contributed by atoms with Crippen molar-refractivity contribution >= 4 is 19.2 Å². The van der Waals surface area contributed by atoms with Crippen LogP contribution in [0.2, 0.25) is 0 Å². The molecule has 1 aromatic carbocycles. The van der Waals surface area contributed by atoms with Crippen LogP contribution in [0.15, 0.2) is 30.2 Å². The highest BCUT2D eigenvalue weighted by Crippen LogP contribution is 2.57. The van der Waals surface area contributed by atoms with Gasteiger partial charge < -0.3 is 14.0 Å². The zero-order valence-electron chi connectivity index (χ0n) is 18.6. The van der Waals surface area contributed by atoms with Gasteiger partial charge in [0, 0.05) is 0 Å². The van der Waals surface area contributed by atoms with Crippen molar-refractivity contribution in [2.24, 2.45) is 17.8 Å². The molecule has 5 aliphatic rings. The molecule has 4 nitrogen and oxygen atoms in total. The first-order valence-corrected chi connectivity index (χ1v) is 11.5. The van der Waals surface area contributed by atoms with E-state index in [0.717, 1.165) is 42.6 Å². The van der Waals surface area contributed by atoms with Gasteiger partial charge in [-0.25, -0.2) is 4.79 Å². The zero-order valence-corrected chi connectivity index (χ0v) is 18.6. The van der Waals surface area contributed by atoms with Crippen molar-refractivity contribution in [1.82, 2.24) is 0 Å². The largest absolute Gasteiger partial charge is 0.487 e. The fraction of sp³-hybridized carbons (Fsp3) is 0.640. The van der Waals surface area contributed by atoms with Gasteiger partial charge in [-0.1, -0.05) is 24.2 Å². The summed E-state index contributed by atoms with van der Waals surface area (Å²) in [6.45, 7) is 8.19. The van der Waals surface area contributed by atoms with Crippen LogP contribution in [0.3, 0.4) is 0 Å². The monoisotopic (exact) mass is 408 g/mol. The van der Waals surface area contributed by atoms with Gasteiger partial charge in [-0.15, -0.1) is 0 Å². The third-order valence-electron chi connectivity index (χ3n) is 8.15. The Balaban J connectivity index is 1.22. The van der Waals surface area contributed by atoms with Gasteiger partial charge in [-0.05, 0) is 102 Å². The molecule has 1 aromatic rings. The van der Waals surface area contributed by atoms with Crippen molar-refractivity contribution in [3.8, 4) is 0 Å². The van der Waals surface area contributed by atoms with Crippen LogP contribution in [0.25, 0.3) is 6.08 Å². The molecule has 0 atom stereocenters. The maximum absolute atomic E-state index is 12.9. The third kappa shape index (κ3) is 3.65. The summed E-state index contributed by atoms with van der Waals surface area (Å²) in [5.41, 5.74) is 0.774. The standard InChI is InChI=1S/C25H33BO4/c1-23(2)24(3,4)30-26(29-23)10-9-17-5-7-21(8-6-17)22(27)28-25-14-18-11-19(15-25)13-20(12-18)16-25/h5-10,18-20H,11-16H2,1-4H3/b10-9+. The molecule has 4 saturated carbocycles. The Bertz CT molecular complexity index is 803. The number of benzene rings is 1. The lowest BCUT2D eigenvalue weighted by molar-refractivity contribution is -0.131. The summed E-state index contributed by atoms with van der Waals surface area (Å²) >= 11 is 0. The molecule has 160 valence electrons. The van der Waals surface area contributed by atoms with E-state index >= 15 is 0 Å². The Labute approximate surface area is 180 Å². The summed E-state index contributed by atoms with van der Waals surface area (Å²) in [4.78, 5) is 12.9. The Hall–Kier alpha value is -1.59. The highest BCUT2D eigenvalue weighted by molar-refractivity contribution is 6.52. The molecule has 6 rings (SSSR count). The topological polar surface area (TPSA) is 44.8 Å². The van der Waals surface area contributed by atoms with Gasteiger partial charge in [0.15, 0.2) is 0 Å². The molecule has 1 aliphatic heterocycles. The van der Waals surface area contributed by atoms with Crippen molar-refractivity contribution in [1.29, 1.82) is 0 Å². The molecule has 4 bridgehead atoms.